The summed E-state index contributed by atoms with van der Waals surface area (Å²) in [5.41, 5.74) is 2.14. The molecule has 0 aromatic heterocycles. The van der Waals surface area contributed by atoms with E-state index in [4.69, 9.17) is 0 Å². The average molecular weight is 241 g/mol. The van der Waals surface area contributed by atoms with Crippen LogP contribution in [-0.4, -0.2) is 16.8 Å². The van der Waals surface area contributed by atoms with Crippen molar-refractivity contribution in [3.05, 3.63) is 60.4 Å². The van der Waals surface area contributed by atoms with Crippen LogP contribution in [0.15, 0.2) is 60.4 Å². The molecule has 0 bridgehead atoms. The number of hydrogen-bond acceptors (Lipinski definition) is 1. The van der Waals surface area contributed by atoms with Gasteiger partial charge in [0, 0.05) is 5.70 Å². The fourth-order valence-corrected chi connectivity index (χ4v) is 2.33. The summed E-state index contributed by atoms with van der Waals surface area (Å²) in [7, 11) is 0. The van der Waals surface area contributed by atoms with E-state index in [2.05, 4.69) is 24.8 Å². The molecule has 0 aromatic rings. The van der Waals surface area contributed by atoms with Gasteiger partial charge in [0.2, 0.25) is 5.91 Å². The Morgan fingerprint density at radius 3 is 2.89 bits per heavy atom. The van der Waals surface area contributed by atoms with Gasteiger partial charge in [0.1, 0.15) is 0 Å². The van der Waals surface area contributed by atoms with Gasteiger partial charge in [0.25, 0.3) is 0 Å². The van der Waals surface area contributed by atoms with E-state index in [1.54, 1.807) is 6.08 Å². The third-order valence-electron chi connectivity index (χ3n) is 3.30. The van der Waals surface area contributed by atoms with Crippen molar-refractivity contribution in [1.29, 1.82) is 0 Å². The molecule has 2 rings (SSSR count). The number of amides is 1. The summed E-state index contributed by atoms with van der Waals surface area (Å²) in [6, 6.07) is 0.198. The molecule has 0 aromatic carbocycles. The van der Waals surface area contributed by atoms with Gasteiger partial charge in [-0.25, -0.2) is 0 Å². The molecule has 1 aliphatic heterocycles. The number of nitrogens with zero attached hydrogens (tertiary/aromatic N) is 1. The number of allylic oxidation sites excluding steroid dienone is 6. The van der Waals surface area contributed by atoms with Crippen LogP contribution in [0.3, 0.4) is 0 Å². The largest absolute Gasteiger partial charge is 0.304 e. The van der Waals surface area contributed by atoms with Crippen LogP contribution in [-0.2, 0) is 4.79 Å². The lowest BCUT2D eigenvalue weighted by Crippen LogP contribution is -2.52. The molecular weight excluding hydrogens is 222 g/mol. The van der Waals surface area contributed by atoms with Gasteiger partial charge in [-0.15, -0.1) is 0 Å². The van der Waals surface area contributed by atoms with Gasteiger partial charge >= 0.3 is 0 Å². The maximum atomic E-state index is 11.8. The highest BCUT2D eigenvalue weighted by molar-refractivity contribution is 5.87. The summed E-state index contributed by atoms with van der Waals surface area (Å²) < 4.78 is 0. The number of rotatable bonds is 4. The third-order valence-corrected chi connectivity index (χ3v) is 3.30. The van der Waals surface area contributed by atoms with Gasteiger partial charge < -0.3 is 4.90 Å². The Bertz CT molecular complexity index is 465. The van der Waals surface area contributed by atoms with E-state index in [-0.39, 0.29) is 11.9 Å². The smallest absolute Gasteiger partial charge is 0.230 e. The molecule has 18 heavy (non-hydrogen) atoms. The van der Waals surface area contributed by atoms with E-state index >= 15 is 0 Å². The van der Waals surface area contributed by atoms with E-state index in [0.717, 1.165) is 18.5 Å². The zero-order valence-electron chi connectivity index (χ0n) is 10.8. The molecule has 1 unspecified atom stereocenters. The number of carbonyl (C=O) groups excluding carboxylic acids is 1. The Morgan fingerprint density at radius 2 is 2.33 bits per heavy atom. The summed E-state index contributed by atoms with van der Waals surface area (Å²) in [5, 5.41) is 0. The molecule has 2 aliphatic rings. The summed E-state index contributed by atoms with van der Waals surface area (Å²) >= 11 is 0. The molecule has 1 atom stereocenters. The molecule has 2 nitrogen and oxygen atoms in total. The zero-order valence-corrected chi connectivity index (χ0v) is 10.8. The molecule has 1 fully saturated rings. The van der Waals surface area contributed by atoms with Gasteiger partial charge in [0.15, 0.2) is 0 Å². The van der Waals surface area contributed by atoms with Crippen molar-refractivity contribution in [3.63, 3.8) is 0 Å². The van der Waals surface area contributed by atoms with Gasteiger partial charge in [0.05, 0.1) is 12.5 Å². The molecule has 0 radical (unpaired) electrons. The highest BCUT2D eigenvalue weighted by Gasteiger charge is 2.39. The molecule has 1 heterocycles. The summed E-state index contributed by atoms with van der Waals surface area (Å²) in [6.07, 6.45) is 16.9. The third kappa shape index (κ3) is 2.37. The van der Waals surface area contributed by atoms with E-state index < -0.39 is 0 Å². The summed E-state index contributed by atoms with van der Waals surface area (Å²) in [4.78, 5) is 13.7. The minimum atomic E-state index is 0.176. The number of β-lactam (4-membered cyclic amide) rings is 1. The molecule has 1 saturated heterocycles. The molecule has 1 aliphatic carbocycles. The van der Waals surface area contributed by atoms with Crippen LogP contribution in [0.1, 0.15) is 26.2 Å². The maximum absolute atomic E-state index is 11.8. The fourth-order valence-electron chi connectivity index (χ4n) is 2.33. The van der Waals surface area contributed by atoms with Crippen LogP contribution in [0.25, 0.3) is 0 Å². The normalized spacial score (nSPS) is 24.2. The van der Waals surface area contributed by atoms with Crippen molar-refractivity contribution < 1.29 is 4.79 Å². The van der Waals surface area contributed by atoms with Crippen LogP contribution in [0, 0.1) is 0 Å². The van der Waals surface area contributed by atoms with Gasteiger partial charge in [-0.2, -0.15) is 0 Å². The first-order valence-corrected chi connectivity index (χ1v) is 6.42. The summed E-state index contributed by atoms with van der Waals surface area (Å²) in [5.74, 6) is 0.176. The van der Waals surface area contributed by atoms with E-state index in [9.17, 15) is 4.79 Å². The second-order valence-corrected chi connectivity index (χ2v) is 4.49. The monoisotopic (exact) mass is 241 g/mol. The SMILES string of the molecule is C=C/C(=C\C=C/C)N1C(=O)CC1C1=CCCC=C1. The summed E-state index contributed by atoms with van der Waals surface area (Å²) in [6.45, 7) is 5.75. The predicted molar refractivity (Wildman–Crippen MR) is 74.8 cm³/mol. The standard InChI is InChI=1S/C16H19NO/c1-3-5-11-14(4-2)17-15(12-16(17)18)13-9-7-6-8-10-13/h3-5,7,9-11,15H,2,6,8,12H2,1H3/b5-3-,14-11+. The lowest BCUT2D eigenvalue weighted by molar-refractivity contribution is -0.140. The first-order valence-electron chi connectivity index (χ1n) is 6.42. The second kappa shape index (κ2) is 5.67. The van der Waals surface area contributed by atoms with E-state index in [0.29, 0.717) is 6.42 Å². The Balaban J connectivity index is 2.19. The van der Waals surface area contributed by atoms with Gasteiger partial charge in [-0.3, -0.25) is 4.79 Å². The van der Waals surface area contributed by atoms with E-state index in [1.807, 2.05) is 30.1 Å². The van der Waals surface area contributed by atoms with Crippen LogP contribution < -0.4 is 0 Å². The van der Waals surface area contributed by atoms with Crippen molar-refractivity contribution in [2.75, 3.05) is 0 Å². The van der Waals surface area contributed by atoms with Crippen LogP contribution in [0.2, 0.25) is 0 Å². The minimum Gasteiger partial charge on any atom is -0.304 e. The lowest BCUT2D eigenvalue weighted by Gasteiger charge is -2.42. The molecular formula is C16H19NO. The van der Waals surface area contributed by atoms with Crippen LogP contribution in [0.5, 0.6) is 0 Å². The van der Waals surface area contributed by atoms with Gasteiger partial charge in [-0.05, 0) is 37.5 Å². The Labute approximate surface area is 109 Å². The number of likely N-dealkylation sites (tertiary alicyclic amines) is 1. The molecule has 94 valence electrons. The van der Waals surface area contributed by atoms with Crippen molar-refractivity contribution in [2.45, 2.75) is 32.2 Å². The minimum absolute atomic E-state index is 0.176. The predicted octanol–water partition coefficient (Wildman–Crippen LogP) is 3.51. The highest BCUT2D eigenvalue weighted by atomic mass is 16.2. The number of hydrogen-bond donors (Lipinski definition) is 0. The van der Waals surface area contributed by atoms with Crippen molar-refractivity contribution >= 4 is 5.91 Å². The van der Waals surface area contributed by atoms with Crippen molar-refractivity contribution in [2.24, 2.45) is 0 Å². The molecule has 0 N–H and O–H groups in total. The first kappa shape index (κ1) is 12.6. The average Bonchev–Trinajstić information content (AvgIpc) is 2.41. The van der Waals surface area contributed by atoms with Crippen LogP contribution in [0.4, 0.5) is 0 Å². The molecule has 1 amide bonds. The molecule has 2 heteroatoms. The van der Waals surface area contributed by atoms with Crippen LogP contribution >= 0.6 is 0 Å². The Morgan fingerprint density at radius 1 is 1.50 bits per heavy atom. The fraction of sp³-hybridized carbons (Fsp3) is 0.312. The topological polar surface area (TPSA) is 20.3 Å². The van der Waals surface area contributed by atoms with Crippen molar-refractivity contribution in [1.82, 2.24) is 4.90 Å². The van der Waals surface area contributed by atoms with E-state index in [1.165, 1.54) is 5.57 Å². The second-order valence-electron chi connectivity index (χ2n) is 4.49. The zero-order chi connectivity index (χ0) is 13.0. The van der Waals surface area contributed by atoms with Crippen molar-refractivity contribution in [3.8, 4) is 0 Å². The highest BCUT2D eigenvalue weighted by Crippen LogP contribution is 2.32. The number of carbonyl (C=O) groups is 1. The quantitative estimate of drug-likeness (QED) is 0.545. The molecule has 0 spiro atoms. The first-order chi connectivity index (χ1) is 8.77. The lowest BCUT2D eigenvalue weighted by atomic mass is 9.89. The maximum Gasteiger partial charge on any atom is 0.230 e. The Kier molecular flexibility index (Phi) is 3.98. The molecule has 0 saturated carbocycles. The Hall–Kier alpha value is -1.83. The van der Waals surface area contributed by atoms with Gasteiger partial charge in [-0.1, -0.05) is 37.0 Å².